The molecule has 3 fully saturated rings. The van der Waals surface area contributed by atoms with Crippen molar-refractivity contribution in [3.05, 3.63) is 0 Å². The van der Waals surface area contributed by atoms with E-state index in [0.29, 0.717) is 43.4 Å². The van der Waals surface area contributed by atoms with Gasteiger partial charge in [-0.25, -0.2) is 12.7 Å². The molecular formula is C17H32ClN3O3S. The summed E-state index contributed by atoms with van der Waals surface area (Å²) in [7, 11) is -3.08. The number of carbonyl (C=O) groups is 1. The number of rotatable bonds is 4. The molecule has 0 radical (unpaired) electrons. The summed E-state index contributed by atoms with van der Waals surface area (Å²) >= 11 is 0. The summed E-state index contributed by atoms with van der Waals surface area (Å²) in [5.74, 6) is 1.73. The first-order chi connectivity index (χ1) is 11.3. The number of carbonyl (C=O) groups excluding carboxylic acids is 1. The van der Waals surface area contributed by atoms with Gasteiger partial charge in [-0.1, -0.05) is 6.42 Å². The summed E-state index contributed by atoms with van der Waals surface area (Å²) in [6.07, 6.45) is 8.40. The molecule has 1 aliphatic heterocycles. The second kappa shape index (κ2) is 8.55. The second-order valence-electron chi connectivity index (χ2n) is 8.05. The van der Waals surface area contributed by atoms with Crippen LogP contribution in [0.3, 0.4) is 0 Å². The first-order valence-electron chi connectivity index (χ1n) is 9.33. The zero-order valence-electron chi connectivity index (χ0n) is 15.0. The molecular weight excluding hydrogens is 362 g/mol. The minimum Gasteiger partial charge on any atom is -0.356 e. The number of fused-ring (bicyclic) bond motifs is 2. The Bertz CT molecular complexity index is 549. The van der Waals surface area contributed by atoms with E-state index >= 15 is 0 Å². The number of nitrogens with zero attached hydrogens (tertiary/aromatic N) is 1. The van der Waals surface area contributed by atoms with Gasteiger partial charge in [-0.3, -0.25) is 4.79 Å². The third-order valence-corrected chi connectivity index (χ3v) is 7.69. The smallest absolute Gasteiger partial charge is 0.223 e. The van der Waals surface area contributed by atoms with Gasteiger partial charge in [0.15, 0.2) is 0 Å². The van der Waals surface area contributed by atoms with Gasteiger partial charge in [0.1, 0.15) is 0 Å². The molecule has 1 saturated heterocycles. The fourth-order valence-corrected chi connectivity index (χ4v) is 5.71. The topological polar surface area (TPSA) is 92.5 Å². The zero-order valence-corrected chi connectivity index (χ0v) is 16.7. The molecule has 1 heterocycles. The number of halogens is 1. The average molecular weight is 394 g/mol. The van der Waals surface area contributed by atoms with Gasteiger partial charge < -0.3 is 11.1 Å². The van der Waals surface area contributed by atoms with Crippen molar-refractivity contribution in [2.75, 3.05) is 25.9 Å². The lowest BCUT2D eigenvalue weighted by Crippen LogP contribution is -2.49. The molecule has 2 atom stereocenters. The maximum atomic E-state index is 12.5. The average Bonchev–Trinajstić information content (AvgIpc) is 2.52. The molecule has 0 spiro atoms. The predicted molar refractivity (Wildman–Crippen MR) is 101 cm³/mol. The van der Waals surface area contributed by atoms with Crippen molar-refractivity contribution in [2.45, 2.75) is 51.0 Å². The summed E-state index contributed by atoms with van der Waals surface area (Å²) < 4.78 is 24.6. The number of hydrogen-bond donors (Lipinski definition) is 2. The molecule has 2 unspecified atom stereocenters. The minimum absolute atomic E-state index is 0. The zero-order chi connectivity index (χ0) is 17.3. The Morgan fingerprint density at radius 2 is 1.68 bits per heavy atom. The van der Waals surface area contributed by atoms with Crippen molar-refractivity contribution in [3.8, 4) is 0 Å². The summed E-state index contributed by atoms with van der Waals surface area (Å²) in [6, 6.07) is 0.295. The molecule has 146 valence electrons. The van der Waals surface area contributed by atoms with Crippen LogP contribution in [0.15, 0.2) is 0 Å². The van der Waals surface area contributed by atoms with Crippen molar-refractivity contribution in [1.29, 1.82) is 0 Å². The normalized spacial score (nSPS) is 34.2. The van der Waals surface area contributed by atoms with Crippen molar-refractivity contribution >= 4 is 28.3 Å². The van der Waals surface area contributed by atoms with Crippen molar-refractivity contribution in [2.24, 2.45) is 29.4 Å². The number of nitrogens with one attached hydrogen (secondary N) is 1. The maximum absolute atomic E-state index is 12.5. The van der Waals surface area contributed by atoms with E-state index in [0.717, 1.165) is 25.7 Å². The van der Waals surface area contributed by atoms with E-state index in [1.807, 2.05) is 0 Å². The highest BCUT2D eigenvalue weighted by Crippen LogP contribution is 2.41. The lowest BCUT2D eigenvalue weighted by molar-refractivity contribution is -0.128. The van der Waals surface area contributed by atoms with Crippen molar-refractivity contribution in [1.82, 2.24) is 9.62 Å². The first kappa shape index (κ1) is 20.9. The molecule has 3 N–H and O–H groups in total. The Hall–Kier alpha value is -0.370. The maximum Gasteiger partial charge on any atom is 0.223 e. The molecule has 2 aliphatic carbocycles. The molecule has 3 rings (SSSR count). The fraction of sp³-hybridized carbons (Fsp3) is 0.941. The van der Waals surface area contributed by atoms with Gasteiger partial charge in [0.2, 0.25) is 15.9 Å². The number of amides is 1. The number of sulfonamides is 1. The summed E-state index contributed by atoms with van der Waals surface area (Å²) in [5, 5.41) is 3.13. The molecule has 2 saturated carbocycles. The van der Waals surface area contributed by atoms with Gasteiger partial charge in [0.25, 0.3) is 0 Å². The predicted octanol–water partition coefficient (Wildman–Crippen LogP) is 1.35. The van der Waals surface area contributed by atoms with Crippen LogP contribution in [-0.4, -0.2) is 50.6 Å². The van der Waals surface area contributed by atoms with E-state index in [2.05, 4.69) is 5.32 Å². The molecule has 0 aromatic carbocycles. The largest absolute Gasteiger partial charge is 0.356 e. The molecule has 6 nitrogen and oxygen atoms in total. The molecule has 0 aromatic rings. The van der Waals surface area contributed by atoms with Crippen LogP contribution in [0.5, 0.6) is 0 Å². The summed E-state index contributed by atoms with van der Waals surface area (Å²) in [4.78, 5) is 12.5. The molecule has 25 heavy (non-hydrogen) atoms. The lowest BCUT2D eigenvalue weighted by atomic mass is 9.65. The van der Waals surface area contributed by atoms with Gasteiger partial charge in [0, 0.05) is 31.6 Å². The first-order valence-corrected chi connectivity index (χ1v) is 11.2. The van der Waals surface area contributed by atoms with E-state index in [1.165, 1.54) is 29.8 Å². The Morgan fingerprint density at radius 3 is 2.20 bits per heavy atom. The molecule has 2 bridgehead atoms. The second-order valence-corrected chi connectivity index (χ2v) is 10.0. The summed E-state index contributed by atoms with van der Waals surface area (Å²) in [5.41, 5.74) is 6.30. The van der Waals surface area contributed by atoms with Crippen LogP contribution < -0.4 is 11.1 Å². The number of nitrogens with two attached hydrogens (primary N) is 1. The van der Waals surface area contributed by atoms with E-state index < -0.39 is 10.0 Å². The van der Waals surface area contributed by atoms with Crippen LogP contribution in [0.2, 0.25) is 0 Å². The van der Waals surface area contributed by atoms with E-state index in [-0.39, 0.29) is 24.2 Å². The van der Waals surface area contributed by atoms with E-state index in [1.54, 1.807) is 0 Å². The van der Waals surface area contributed by atoms with Crippen LogP contribution in [0.4, 0.5) is 0 Å². The third kappa shape index (κ3) is 5.08. The monoisotopic (exact) mass is 393 g/mol. The highest BCUT2D eigenvalue weighted by Gasteiger charge is 2.40. The van der Waals surface area contributed by atoms with Crippen LogP contribution >= 0.6 is 12.4 Å². The van der Waals surface area contributed by atoms with Gasteiger partial charge in [-0.2, -0.15) is 0 Å². The highest BCUT2D eigenvalue weighted by atomic mass is 35.5. The van der Waals surface area contributed by atoms with Gasteiger partial charge in [0.05, 0.1) is 6.26 Å². The number of piperidine rings is 1. The van der Waals surface area contributed by atoms with E-state index in [9.17, 15) is 13.2 Å². The van der Waals surface area contributed by atoms with Crippen LogP contribution in [-0.2, 0) is 14.8 Å². The van der Waals surface area contributed by atoms with E-state index in [4.69, 9.17) is 5.73 Å². The molecule has 0 aromatic heterocycles. The lowest BCUT2D eigenvalue weighted by Gasteiger charge is -2.43. The Balaban J connectivity index is 0.00000225. The fourth-order valence-electron chi connectivity index (χ4n) is 4.84. The van der Waals surface area contributed by atoms with Gasteiger partial charge >= 0.3 is 0 Å². The van der Waals surface area contributed by atoms with Crippen LogP contribution in [0.25, 0.3) is 0 Å². The van der Waals surface area contributed by atoms with Crippen molar-refractivity contribution in [3.63, 3.8) is 0 Å². The Morgan fingerprint density at radius 1 is 1.12 bits per heavy atom. The Kier molecular flexibility index (Phi) is 7.16. The summed E-state index contributed by atoms with van der Waals surface area (Å²) in [6.45, 7) is 1.82. The Labute approximate surface area is 157 Å². The quantitative estimate of drug-likeness (QED) is 0.753. The van der Waals surface area contributed by atoms with Crippen molar-refractivity contribution < 1.29 is 13.2 Å². The molecule has 3 aliphatic rings. The highest BCUT2D eigenvalue weighted by molar-refractivity contribution is 7.88. The SMILES string of the molecule is CS(=O)(=O)N1CCC(CNC(=O)C2CC3CCCC(C2)C3N)CC1.Cl. The molecule has 1 amide bonds. The molecule has 8 heteroatoms. The van der Waals surface area contributed by atoms with Crippen LogP contribution in [0, 0.1) is 23.7 Å². The van der Waals surface area contributed by atoms with Gasteiger partial charge in [-0.05, 0) is 56.3 Å². The number of hydrogen-bond acceptors (Lipinski definition) is 4. The minimum atomic E-state index is -3.08. The standard InChI is InChI=1S/C17H31N3O3S.ClH/c1-24(22,23)20-7-5-12(6-8-20)11-19-17(21)15-9-13-3-2-4-14(10-15)16(13)18;/h12-16H,2-11,18H2,1H3,(H,19,21);1H. The van der Waals surface area contributed by atoms with Crippen LogP contribution in [0.1, 0.15) is 44.9 Å². The van der Waals surface area contributed by atoms with Gasteiger partial charge in [-0.15, -0.1) is 12.4 Å². The third-order valence-electron chi connectivity index (χ3n) is 6.39.